The number of allylic oxidation sites excluding steroid dienone is 1. The van der Waals surface area contributed by atoms with Crippen LogP contribution in [0.5, 0.6) is 0 Å². The van der Waals surface area contributed by atoms with Crippen LogP contribution in [-0.4, -0.2) is 41.3 Å². The molecule has 1 saturated heterocycles. The summed E-state index contributed by atoms with van der Waals surface area (Å²) in [4.78, 5) is 33.3. The van der Waals surface area contributed by atoms with Crippen LogP contribution in [0.25, 0.3) is 10.6 Å². The van der Waals surface area contributed by atoms with Crippen LogP contribution in [0.15, 0.2) is 35.9 Å². The summed E-state index contributed by atoms with van der Waals surface area (Å²) in [6, 6.07) is 8.27. The lowest BCUT2D eigenvalue weighted by atomic mass is 9.84. The molecule has 0 bridgehead atoms. The number of nitrogens with one attached hydrogen (secondary N) is 1. The highest BCUT2D eigenvalue weighted by molar-refractivity contribution is 7.17. The molecule has 1 N–H and O–H groups in total. The van der Waals surface area contributed by atoms with Gasteiger partial charge in [0.05, 0.1) is 5.69 Å². The first-order valence-corrected chi connectivity index (χ1v) is 13.5. The van der Waals surface area contributed by atoms with Gasteiger partial charge in [0.25, 0.3) is 5.91 Å². The minimum Gasteiger partial charge on any atom is -0.356 e. The highest BCUT2D eigenvalue weighted by Gasteiger charge is 2.31. The Morgan fingerprint density at radius 1 is 1.15 bits per heavy atom. The van der Waals surface area contributed by atoms with Crippen molar-refractivity contribution in [1.82, 2.24) is 15.2 Å². The van der Waals surface area contributed by atoms with Crippen molar-refractivity contribution >= 4 is 23.2 Å². The summed E-state index contributed by atoms with van der Waals surface area (Å²) in [5.74, 6) is 0.534. The molecule has 5 nitrogen and oxygen atoms in total. The molecule has 2 aliphatic rings. The number of amides is 2. The molecule has 0 spiro atoms. The highest BCUT2D eigenvalue weighted by Crippen LogP contribution is 2.31. The lowest BCUT2D eigenvalue weighted by Gasteiger charge is -2.34. The molecule has 0 saturated carbocycles. The second-order valence-corrected chi connectivity index (χ2v) is 10.9. The third-order valence-corrected chi connectivity index (χ3v) is 8.56. The topological polar surface area (TPSA) is 62.3 Å². The summed E-state index contributed by atoms with van der Waals surface area (Å²) in [6.45, 7) is 8.16. The van der Waals surface area contributed by atoms with Gasteiger partial charge in [-0.05, 0) is 64.7 Å². The predicted molar refractivity (Wildman–Crippen MR) is 139 cm³/mol. The van der Waals surface area contributed by atoms with Gasteiger partial charge in [-0.1, -0.05) is 48.4 Å². The van der Waals surface area contributed by atoms with E-state index >= 15 is 0 Å². The number of carbonyl (C=O) groups excluding carboxylic acids is 2. The normalized spacial score (nSPS) is 17.9. The number of thiazole rings is 1. The monoisotopic (exact) mass is 479 g/mol. The maximum Gasteiger partial charge on any atom is 0.265 e. The van der Waals surface area contributed by atoms with E-state index in [1.54, 1.807) is 0 Å². The quantitative estimate of drug-likeness (QED) is 0.501. The van der Waals surface area contributed by atoms with E-state index < -0.39 is 0 Å². The molecular formula is C28H37N3O2S. The van der Waals surface area contributed by atoms with E-state index in [-0.39, 0.29) is 17.7 Å². The van der Waals surface area contributed by atoms with Crippen LogP contribution < -0.4 is 5.32 Å². The van der Waals surface area contributed by atoms with Crippen LogP contribution in [0.1, 0.15) is 72.8 Å². The van der Waals surface area contributed by atoms with Crippen molar-refractivity contribution in [3.8, 4) is 10.6 Å². The number of hydrogen-bond acceptors (Lipinski definition) is 4. The molecule has 2 amide bonds. The second kappa shape index (κ2) is 11.3. The Kier molecular flexibility index (Phi) is 8.19. The smallest absolute Gasteiger partial charge is 0.265 e. The maximum absolute atomic E-state index is 13.2. The number of carbonyl (C=O) groups is 2. The van der Waals surface area contributed by atoms with Gasteiger partial charge in [-0.2, -0.15) is 0 Å². The fourth-order valence-electron chi connectivity index (χ4n) is 5.01. The van der Waals surface area contributed by atoms with Crippen LogP contribution in [0.4, 0.5) is 0 Å². The Hall–Kier alpha value is -2.47. The van der Waals surface area contributed by atoms with Crippen LogP contribution in [0.2, 0.25) is 0 Å². The standard InChI is InChI=1S/C28H37N3O2S/c1-19-9-11-24(12-10-19)27-30-21(3)25(34-27)28(33)31-17-14-23(15-18-31)20(2)26(32)29-16-13-22-7-5-4-6-8-22/h7,9-12,20,23H,4-6,8,13-18H2,1-3H3,(H,29,32). The molecule has 182 valence electrons. The molecule has 4 rings (SSSR count). The van der Waals surface area contributed by atoms with Crippen molar-refractivity contribution in [2.45, 2.75) is 65.7 Å². The van der Waals surface area contributed by atoms with Gasteiger partial charge in [-0.15, -0.1) is 11.3 Å². The Morgan fingerprint density at radius 2 is 1.88 bits per heavy atom. The third-order valence-electron chi connectivity index (χ3n) is 7.37. The van der Waals surface area contributed by atoms with Gasteiger partial charge in [0.1, 0.15) is 9.88 Å². The summed E-state index contributed by atoms with van der Waals surface area (Å²) < 4.78 is 0. The molecule has 1 fully saturated rings. The average molecular weight is 480 g/mol. The second-order valence-electron chi connectivity index (χ2n) is 9.87. The molecule has 34 heavy (non-hydrogen) atoms. The average Bonchev–Trinajstić information content (AvgIpc) is 3.25. The Labute approximate surface area is 207 Å². The van der Waals surface area contributed by atoms with E-state index in [4.69, 9.17) is 0 Å². The van der Waals surface area contributed by atoms with Crippen molar-refractivity contribution in [2.75, 3.05) is 19.6 Å². The van der Waals surface area contributed by atoms with Gasteiger partial charge < -0.3 is 10.2 Å². The number of aryl methyl sites for hydroxylation is 2. The molecule has 1 unspecified atom stereocenters. The molecule has 1 aliphatic carbocycles. The summed E-state index contributed by atoms with van der Waals surface area (Å²) >= 11 is 1.48. The number of piperidine rings is 1. The highest BCUT2D eigenvalue weighted by atomic mass is 32.1. The Balaban J connectivity index is 1.27. The van der Waals surface area contributed by atoms with Gasteiger partial charge in [0.15, 0.2) is 0 Å². The first kappa shape index (κ1) is 24.6. The van der Waals surface area contributed by atoms with Crippen LogP contribution >= 0.6 is 11.3 Å². The van der Waals surface area contributed by atoms with Crippen LogP contribution in [-0.2, 0) is 4.79 Å². The molecule has 2 heterocycles. The Morgan fingerprint density at radius 3 is 2.56 bits per heavy atom. The zero-order valence-electron chi connectivity index (χ0n) is 20.7. The maximum atomic E-state index is 13.2. The number of benzene rings is 1. The summed E-state index contributed by atoms with van der Waals surface area (Å²) in [5, 5.41) is 4.04. The van der Waals surface area contributed by atoms with Gasteiger partial charge in [-0.25, -0.2) is 4.98 Å². The SMILES string of the molecule is Cc1ccc(-c2nc(C)c(C(=O)N3CCC(C(C)C(=O)NCCC4=CCCCC4)CC3)s2)cc1. The number of likely N-dealkylation sites (tertiary alicyclic amines) is 1. The van der Waals surface area contributed by atoms with Gasteiger partial charge in [-0.3, -0.25) is 9.59 Å². The van der Waals surface area contributed by atoms with Crippen molar-refractivity contribution in [3.05, 3.63) is 52.0 Å². The van der Waals surface area contributed by atoms with E-state index in [1.165, 1.54) is 48.2 Å². The summed E-state index contributed by atoms with van der Waals surface area (Å²) in [6.07, 6.45) is 10.0. The minimum atomic E-state index is -0.0177. The fraction of sp³-hybridized carbons (Fsp3) is 0.536. The zero-order valence-corrected chi connectivity index (χ0v) is 21.5. The largest absolute Gasteiger partial charge is 0.356 e. The molecule has 1 atom stereocenters. The molecule has 1 aromatic heterocycles. The lowest BCUT2D eigenvalue weighted by molar-refractivity contribution is -0.126. The summed E-state index contributed by atoms with van der Waals surface area (Å²) in [5.41, 5.74) is 4.56. The van der Waals surface area contributed by atoms with Crippen LogP contribution in [0.3, 0.4) is 0 Å². The lowest BCUT2D eigenvalue weighted by Crippen LogP contribution is -2.42. The van der Waals surface area contributed by atoms with E-state index in [9.17, 15) is 9.59 Å². The first-order chi connectivity index (χ1) is 16.4. The van der Waals surface area contributed by atoms with Crippen LogP contribution in [0, 0.1) is 25.7 Å². The van der Waals surface area contributed by atoms with E-state index in [0.29, 0.717) is 19.0 Å². The molecule has 2 aromatic rings. The fourth-order valence-corrected chi connectivity index (χ4v) is 6.05. The number of aromatic nitrogens is 1. The molecule has 1 aromatic carbocycles. The summed E-state index contributed by atoms with van der Waals surface area (Å²) in [7, 11) is 0. The van der Waals surface area contributed by atoms with E-state index in [0.717, 1.165) is 46.9 Å². The van der Waals surface area contributed by atoms with Crippen molar-refractivity contribution in [1.29, 1.82) is 0 Å². The number of rotatable bonds is 7. The van der Waals surface area contributed by atoms with Gasteiger partial charge in [0, 0.05) is 31.1 Å². The van der Waals surface area contributed by atoms with Crippen molar-refractivity contribution in [3.63, 3.8) is 0 Å². The minimum absolute atomic E-state index is 0.0177. The number of hydrogen-bond donors (Lipinski definition) is 1. The molecular weight excluding hydrogens is 442 g/mol. The predicted octanol–water partition coefficient (Wildman–Crippen LogP) is 5.92. The van der Waals surface area contributed by atoms with Gasteiger partial charge >= 0.3 is 0 Å². The molecule has 1 aliphatic heterocycles. The Bertz CT molecular complexity index is 1030. The molecule has 0 radical (unpaired) electrons. The van der Waals surface area contributed by atoms with Gasteiger partial charge in [0.2, 0.25) is 5.91 Å². The van der Waals surface area contributed by atoms with Crippen molar-refractivity contribution in [2.24, 2.45) is 11.8 Å². The zero-order chi connectivity index (χ0) is 24.1. The van der Waals surface area contributed by atoms with Crippen molar-refractivity contribution < 1.29 is 9.59 Å². The molecule has 6 heteroatoms. The first-order valence-electron chi connectivity index (χ1n) is 12.7. The number of nitrogens with zero attached hydrogens (tertiary/aromatic N) is 2. The van der Waals surface area contributed by atoms with E-state index in [1.807, 2.05) is 18.7 Å². The van der Waals surface area contributed by atoms with E-state index in [2.05, 4.69) is 47.6 Å². The third kappa shape index (κ3) is 5.96.